The molecule has 19 heavy (non-hydrogen) atoms. The second-order valence-electron chi connectivity index (χ2n) is 5.82. The summed E-state index contributed by atoms with van der Waals surface area (Å²) in [5.74, 6) is 0.875. The summed E-state index contributed by atoms with van der Waals surface area (Å²) < 4.78 is 1.91. The molecule has 2 rings (SSSR count). The number of nitrogens with one attached hydrogen (secondary N) is 1. The second kappa shape index (κ2) is 5.01. The summed E-state index contributed by atoms with van der Waals surface area (Å²) in [4.78, 5) is 7.87. The number of aromatic amines is 1. The molecule has 0 unspecified atom stereocenters. The fourth-order valence-corrected chi connectivity index (χ4v) is 2.28. The first-order chi connectivity index (χ1) is 8.59. The van der Waals surface area contributed by atoms with Crippen molar-refractivity contribution in [2.24, 2.45) is 7.05 Å². The van der Waals surface area contributed by atoms with Gasteiger partial charge in [0.05, 0.1) is 17.6 Å². The zero-order chi connectivity index (χ0) is 14.4. The predicted octanol–water partition coefficient (Wildman–Crippen LogP) is 4.15. The van der Waals surface area contributed by atoms with Gasteiger partial charge in [0.15, 0.2) is 5.82 Å². The minimum absolute atomic E-state index is 0.0201. The van der Waals surface area contributed by atoms with Crippen LogP contribution < -0.4 is 0 Å². The first kappa shape index (κ1) is 15.3. The van der Waals surface area contributed by atoms with Crippen LogP contribution in [0.2, 0.25) is 0 Å². The minimum atomic E-state index is 0.0201. The van der Waals surface area contributed by atoms with Crippen molar-refractivity contribution in [3.8, 4) is 11.5 Å². The maximum atomic E-state index is 4.58. The van der Waals surface area contributed by atoms with Crippen LogP contribution in [0.25, 0.3) is 11.5 Å². The Hall–Kier alpha value is -0.120. The molecule has 0 fully saturated rings. The normalized spacial score (nSPS) is 13.0. The molecule has 0 saturated carbocycles. The maximum Gasteiger partial charge on any atom is 0.155 e. The molecule has 0 aliphatic carbocycles. The smallest absolute Gasteiger partial charge is 0.155 e. The van der Waals surface area contributed by atoms with E-state index in [9.17, 15) is 0 Å². The minimum Gasteiger partial charge on any atom is -0.339 e. The lowest BCUT2D eigenvalue weighted by atomic mass is 9.92. The van der Waals surface area contributed by atoms with Crippen molar-refractivity contribution in [1.29, 1.82) is 0 Å². The molecule has 6 heteroatoms. The average Bonchev–Trinajstić information content (AvgIpc) is 2.80. The molecule has 104 valence electrons. The van der Waals surface area contributed by atoms with Gasteiger partial charge in [0.2, 0.25) is 0 Å². The van der Waals surface area contributed by atoms with Gasteiger partial charge in [0.1, 0.15) is 7.12 Å². The molecule has 0 aliphatic rings. The van der Waals surface area contributed by atoms with Crippen molar-refractivity contribution >= 4 is 45.2 Å². The zero-order valence-electron chi connectivity index (χ0n) is 11.8. The lowest BCUT2D eigenvalue weighted by Gasteiger charge is -2.13. The van der Waals surface area contributed by atoms with Crippen LogP contribution in [0, 0.1) is 0 Å². The highest BCUT2D eigenvalue weighted by molar-refractivity contribution is 14.2. The quantitative estimate of drug-likeness (QED) is 0.515. The van der Waals surface area contributed by atoms with E-state index in [0.29, 0.717) is 0 Å². The van der Waals surface area contributed by atoms with Crippen molar-refractivity contribution < 1.29 is 0 Å². The fourth-order valence-electron chi connectivity index (χ4n) is 1.73. The summed E-state index contributed by atoms with van der Waals surface area (Å²) in [7, 11) is 1.96. The molecule has 0 amide bonds. The maximum absolute atomic E-state index is 4.58. The topological polar surface area (TPSA) is 46.5 Å². The summed E-state index contributed by atoms with van der Waals surface area (Å²) in [5, 5.41) is 4.58. The van der Waals surface area contributed by atoms with E-state index < -0.39 is 0 Å². The molecule has 2 aromatic heterocycles. The Morgan fingerprint density at radius 1 is 1.21 bits per heavy atom. The molecule has 0 saturated heterocycles. The van der Waals surface area contributed by atoms with Gasteiger partial charge in [-0.15, -0.1) is 0 Å². The zero-order valence-corrected chi connectivity index (χ0v) is 16.1. The summed E-state index contributed by atoms with van der Waals surface area (Å²) >= 11 is 4.79. The fraction of sp³-hybridized carbons (Fsp3) is 0.538. The van der Waals surface area contributed by atoms with Crippen LogP contribution in [0.15, 0.2) is 12.3 Å². The van der Waals surface area contributed by atoms with Gasteiger partial charge in [-0.3, -0.25) is 4.68 Å². The highest BCUT2D eigenvalue weighted by Crippen LogP contribution is 2.38. The lowest BCUT2D eigenvalue weighted by molar-refractivity contribution is 0.553. The predicted molar refractivity (Wildman–Crippen MR) is 94.9 cm³/mol. The van der Waals surface area contributed by atoms with E-state index in [-0.39, 0.29) is 6.84 Å². The van der Waals surface area contributed by atoms with E-state index in [2.05, 4.69) is 94.0 Å². The Bertz CT molecular complexity index is 585. The van der Waals surface area contributed by atoms with Crippen molar-refractivity contribution in [3.05, 3.63) is 23.7 Å². The van der Waals surface area contributed by atoms with E-state index in [1.807, 2.05) is 17.9 Å². The van der Waals surface area contributed by atoms with Gasteiger partial charge < -0.3 is 4.98 Å². The second-order valence-corrected chi connectivity index (χ2v) is 12.2. The third-order valence-electron chi connectivity index (χ3n) is 2.94. The van der Waals surface area contributed by atoms with E-state index in [1.54, 1.807) is 0 Å². The van der Waals surface area contributed by atoms with Gasteiger partial charge >= 0.3 is 0 Å². The molecule has 0 aromatic carbocycles. The van der Waals surface area contributed by atoms with Crippen molar-refractivity contribution in [3.63, 3.8) is 0 Å². The number of H-pyrrole nitrogens is 1. The first-order valence-electron chi connectivity index (χ1n) is 6.07. The third kappa shape index (κ3) is 3.32. The molecular weight excluding hydrogens is 466 g/mol. The van der Waals surface area contributed by atoms with E-state index >= 15 is 0 Å². The summed E-state index contributed by atoms with van der Waals surface area (Å²) in [6.07, 6.45) is 1.90. The van der Waals surface area contributed by atoms with Gasteiger partial charge in [-0.25, -0.2) is 4.98 Å². The molecule has 0 atom stereocenters. The summed E-state index contributed by atoms with van der Waals surface area (Å²) in [6, 6.07) is 2.11. The molecule has 4 nitrogen and oxygen atoms in total. The van der Waals surface area contributed by atoms with Gasteiger partial charge in [-0.1, -0.05) is 66.0 Å². The Balaban J connectivity index is 2.43. The number of imidazole rings is 1. The molecule has 2 heterocycles. The van der Waals surface area contributed by atoms with Crippen LogP contribution in [0.4, 0.5) is 0 Å². The number of halogens is 2. The number of aryl methyl sites for hydroxylation is 1. The largest absolute Gasteiger partial charge is 0.339 e. The number of rotatable bonds is 2. The Kier molecular flexibility index (Phi) is 4.03. The number of hydrogen-bond acceptors (Lipinski definition) is 2. The number of aromatic nitrogens is 4. The van der Waals surface area contributed by atoms with Crippen LogP contribution >= 0.6 is 45.2 Å². The van der Waals surface area contributed by atoms with Crippen LogP contribution in [0.5, 0.6) is 0 Å². The summed E-state index contributed by atoms with van der Waals surface area (Å²) in [6.45, 7) is 8.65. The average molecular weight is 484 g/mol. The molecule has 0 radical (unpaired) electrons. The van der Waals surface area contributed by atoms with Crippen molar-refractivity contribution in [1.82, 2.24) is 19.7 Å². The van der Waals surface area contributed by atoms with Crippen molar-refractivity contribution in [2.45, 2.75) is 34.5 Å². The molecule has 1 N–H and O–H groups in total. The standard InChI is InChI=1S/C13H18I2N4/c1-12(2,3)9-6-8(19(5)18-9)11-16-7-10(17-11)13(4,14)15/h6-7H,1-5H3,(H,16,17). The van der Waals surface area contributed by atoms with Gasteiger partial charge in [0, 0.05) is 12.5 Å². The van der Waals surface area contributed by atoms with E-state index in [0.717, 1.165) is 22.9 Å². The van der Waals surface area contributed by atoms with Crippen LogP contribution in [-0.2, 0) is 13.9 Å². The monoisotopic (exact) mass is 484 g/mol. The van der Waals surface area contributed by atoms with Crippen LogP contribution in [0.3, 0.4) is 0 Å². The summed E-state index contributed by atoms with van der Waals surface area (Å²) in [5.41, 5.74) is 3.26. The molecule has 0 aliphatic heterocycles. The molecule has 0 spiro atoms. The van der Waals surface area contributed by atoms with Crippen LogP contribution in [-0.4, -0.2) is 19.7 Å². The molecule has 2 aromatic rings. The lowest BCUT2D eigenvalue weighted by Crippen LogP contribution is -2.12. The Morgan fingerprint density at radius 2 is 1.84 bits per heavy atom. The van der Waals surface area contributed by atoms with Gasteiger partial charge in [0.25, 0.3) is 0 Å². The Labute approximate surface area is 141 Å². The van der Waals surface area contributed by atoms with Crippen LogP contribution in [0.1, 0.15) is 39.1 Å². The SMILES string of the molecule is Cn1nc(C(C)(C)C)cc1-c1ncc(C(C)(I)I)[nH]1. The number of hydrogen-bond donors (Lipinski definition) is 1. The third-order valence-corrected chi connectivity index (χ3v) is 4.10. The van der Waals surface area contributed by atoms with E-state index in [1.165, 1.54) is 0 Å². The molecule has 0 bridgehead atoms. The van der Waals surface area contributed by atoms with Gasteiger partial charge in [-0.05, 0) is 13.0 Å². The van der Waals surface area contributed by atoms with Crippen molar-refractivity contribution in [2.75, 3.05) is 0 Å². The Morgan fingerprint density at radius 3 is 2.26 bits per heavy atom. The number of alkyl halides is 2. The highest BCUT2D eigenvalue weighted by Gasteiger charge is 2.23. The highest BCUT2D eigenvalue weighted by atomic mass is 127. The number of nitrogens with zero attached hydrogens (tertiary/aromatic N) is 3. The first-order valence-corrected chi connectivity index (χ1v) is 8.23. The van der Waals surface area contributed by atoms with E-state index in [4.69, 9.17) is 0 Å². The molecular formula is C13H18I2N4. The van der Waals surface area contributed by atoms with Gasteiger partial charge in [-0.2, -0.15) is 5.10 Å².